The maximum absolute atomic E-state index is 12.4. The van der Waals surface area contributed by atoms with Gasteiger partial charge in [-0.05, 0) is 49.4 Å². The van der Waals surface area contributed by atoms with Crippen LogP contribution in [0.1, 0.15) is 12.6 Å². The highest BCUT2D eigenvalue weighted by molar-refractivity contribution is 7.22. The van der Waals surface area contributed by atoms with Crippen LogP contribution >= 0.6 is 34.3 Å². The molecule has 0 unspecified atom stereocenters. The largest absolute Gasteiger partial charge is 0.494 e. The second-order valence-electron chi connectivity index (χ2n) is 6.54. The lowest BCUT2D eigenvalue weighted by Gasteiger charge is -2.05. The van der Waals surface area contributed by atoms with Gasteiger partial charge in [0.25, 0.3) is 0 Å². The zero-order valence-electron chi connectivity index (χ0n) is 16.8. The Morgan fingerprint density at radius 1 is 1.03 bits per heavy atom. The first-order valence-electron chi connectivity index (χ1n) is 9.59. The van der Waals surface area contributed by atoms with Crippen LogP contribution in [0.2, 0.25) is 5.02 Å². The summed E-state index contributed by atoms with van der Waals surface area (Å²) in [5.74, 6) is 0.528. The summed E-state index contributed by atoms with van der Waals surface area (Å²) >= 11 is 8.45. The van der Waals surface area contributed by atoms with Gasteiger partial charge in [0.1, 0.15) is 5.75 Å². The van der Waals surface area contributed by atoms with Crippen molar-refractivity contribution in [3.05, 3.63) is 58.6 Å². The Balaban J connectivity index is 1.31. The number of nitrogens with one attached hydrogen (secondary N) is 3. The van der Waals surface area contributed by atoms with E-state index >= 15 is 0 Å². The number of fused-ring (bicyclic) bond motifs is 1. The molecular weight excluding hydrogens is 470 g/mol. The van der Waals surface area contributed by atoms with E-state index in [1.807, 2.05) is 25.1 Å². The van der Waals surface area contributed by atoms with Crippen molar-refractivity contribution in [1.82, 2.24) is 9.97 Å². The summed E-state index contributed by atoms with van der Waals surface area (Å²) < 4.78 is 6.42. The predicted octanol–water partition coefficient (Wildman–Crippen LogP) is 5.63. The van der Waals surface area contributed by atoms with Gasteiger partial charge in [0.15, 0.2) is 10.3 Å². The van der Waals surface area contributed by atoms with Crippen molar-refractivity contribution in [2.45, 2.75) is 13.3 Å². The van der Waals surface area contributed by atoms with Crippen LogP contribution in [0.25, 0.3) is 10.2 Å². The smallest absolute Gasteiger partial charge is 0.325 e. The molecule has 0 spiro atoms. The minimum Gasteiger partial charge on any atom is -0.494 e. The molecule has 0 atom stereocenters. The lowest BCUT2D eigenvalue weighted by molar-refractivity contribution is -0.115. The van der Waals surface area contributed by atoms with Crippen molar-refractivity contribution in [3.8, 4) is 5.75 Å². The van der Waals surface area contributed by atoms with Gasteiger partial charge in [0, 0.05) is 16.1 Å². The summed E-state index contributed by atoms with van der Waals surface area (Å²) in [4.78, 5) is 33.2. The molecule has 3 amide bonds. The highest BCUT2D eigenvalue weighted by Gasteiger charge is 2.13. The standard InChI is InChI=1S/C21H18ClN5O3S2/c1-2-30-15-7-8-16-17(10-15)32-21(25-16)26-18(28)9-14-11-31-20(24-14)27-19(29)23-13-5-3-12(22)4-6-13/h3-8,10-11H,2,9H2,1H3,(H,25,26,28)(H2,23,24,27,29). The van der Waals surface area contributed by atoms with Gasteiger partial charge in [-0.25, -0.2) is 14.8 Å². The van der Waals surface area contributed by atoms with E-state index in [2.05, 4.69) is 25.9 Å². The van der Waals surface area contributed by atoms with Crippen molar-refractivity contribution in [3.63, 3.8) is 0 Å². The number of thiazole rings is 2. The van der Waals surface area contributed by atoms with Gasteiger partial charge < -0.3 is 15.4 Å². The number of urea groups is 1. The summed E-state index contributed by atoms with van der Waals surface area (Å²) in [7, 11) is 0. The number of benzene rings is 2. The fraction of sp³-hybridized carbons (Fsp3) is 0.143. The quantitative estimate of drug-likeness (QED) is 0.313. The third-order valence-electron chi connectivity index (χ3n) is 4.13. The highest BCUT2D eigenvalue weighted by atomic mass is 35.5. The molecule has 0 bridgehead atoms. The van der Waals surface area contributed by atoms with E-state index in [9.17, 15) is 9.59 Å². The van der Waals surface area contributed by atoms with Crippen LogP contribution in [-0.2, 0) is 11.2 Å². The van der Waals surface area contributed by atoms with Crippen LogP contribution in [0, 0.1) is 0 Å². The molecule has 0 aliphatic heterocycles. The van der Waals surface area contributed by atoms with Gasteiger partial charge in [0.2, 0.25) is 5.91 Å². The first-order valence-corrected chi connectivity index (χ1v) is 11.7. The van der Waals surface area contributed by atoms with E-state index in [-0.39, 0.29) is 12.3 Å². The number of ether oxygens (including phenoxy) is 1. The number of carbonyl (C=O) groups excluding carboxylic acids is 2. The zero-order chi connectivity index (χ0) is 22.5. The zero-order valence-corrected chi connectivity index (χ0v) is 19.2. The molecule has 0 aliphatic carbocycles. The number of amides is 3. The molecule has 2 aromatic heterocycles. The van der Waals surface area contributed by atoms with Gasteiger partial charge in [-0.15, -0.1) is 11.3 Å². The van der Waals surface area contributed by atoms with Crippen LogP contribution < -0.4 is 20.7 Å². The van der Waals surface area contributed by atoms with Crippen LogP contribution in [0.15, 0.2) is 47.8 Å². The first kappa shape index (κ1) is 22.0. The highest BCUT2D eigenvalue weighted by Crippen LogP contribution is 2.29. The average molecular weight is 488 g/mol. The molecule has 4 rings (SSSR count). The topological polar surface area (TPSA) is 105 Å². The second-order valence-corrected chi connectivity index (χ2v) is 8.86. The maximum Gasteiger partial charge on any atom is 0.325 e. The number of rotatable bonds is 7. The van der Waals surface area contributed by atoms with Gasteiger partial charge in [-0.2, -0.15) is 0 Å². The molecular formula is C21H18ClN5O3S2. The Morgan fingerprint density at radius 2 is 1.84 bits per heavy atom. The second kappa shape index (κ2) is 9.94. The molecule has 0 saturated carbocycles. The minimum absolute atomic E-state index is 0.0666. The monoisotopic (exact) mass is 487 g/mol. The van der Waals surface area contributed by atoms with Gasteiger partial charge in [0.05, 0.1) is 28.9 Å². The number of halogens is 1. The Hall–Kier alpha value is -3.21. The summed E-state index contributed by atoms with van der Waals surface area (Å²) in [6, 6.07) is 11.9. The van der Waals surface area contributed by atoms with E-state index in [4.69, 9.17) is 16.3 Å². The summed E-state index contributed by atoms with van der Waals surface area (Å²) in [5, 5.41) is 11.4. The van der Waals surface area contributed by atoms with E-state index in [0.29, 0.717) is 33.3 Å². The van der Waals surface area contributed by atoms with Crippen molar-refractivity contribution in [1.29, 1.82) is 0 Å². The molecule has 11 heteroatoms. The molecule has 0 aliphatic rings. The average Bonchev–Trinajstić information content (AvgIpc) is 3.35. The molecule has 0 radical (unpaired) electrons. The summed E-state index contributed by atoms with van der Waals surface area (Å²) in [6.45, 7) is 2.51. The number of hydrogen-bond acceptors (Lipinski definition) is 7. The number of nitrogens with zero attached hydrogens (tertiary/aromatic N) is 2. The Bertz CT molecular complexity index is 1260. The third-order valence-corrected chi connectivity index (χ3v) is 6.13. The van der Waals surface area contributed by atoms with Gasteiger partial charge in [-0.1, -0.05) is 22.9 Å². The molecule has 32 heavy (non-hydrogen) atoms. The van der Waals surface area contributed by atoms with Gasteiger partial charge >= 0.3 is 6.03 Å². The van der Waals surface area contributed by atoms with E-state index < -0.39 is 6.03 Å². The molecule has 4 aromatic rings. The molecule has 0 fully saturated rings. The maximum atomic E-state index is 12.4. The molecule has 0 saturated heterocycles. The lowest BCUT2D eigenvalue weighted by Crippen LogP contribution is -2.19. The van der Waals surface area contributed by atoms with Crippen molar-refractivity contribution in [2.24, 2.45) is 0 Å². The van der Waals surface area contributed by atoms with Crippen molar-refractivity contribution in [2.75, 3.05) is 22.6 Å². The molecule has 2 heterocycles. The van der Waals surface area contributed by atoms with Gasteiger partial charge in [-0.3, -0.25) is 10.1 Å². The molecule has 8 nitrogen and oxygen atoms in total. The van der Waals surface area contributed by atoms with E-state index in [0.717, 1.165) is 16.0 Å². The van der Waals surface area contributed by atoms with Crippen molar-refractivity contribution < 1.29 is 14.3 Å². The molecule has 164 valence electrons. The number of anilines is 3. The normalized spacial score (nSPS) is 10.7. The number of carbonyl (C=O) groups is 2. The fourth-order valence-electron chi connectivity index (χ4n) is 2.78. The van der Waals surface area contributed by atoms with Crippen LogP contribution in [0.5, 0.6) is 5.75 Å². The Kier molecular flexibility index (Phi) is 6.84. The minimum atomic E-state index is -0.432. The van der Waals surface area contributed by atoms with Crippen LogP contribution in [0.4, 0.5) is 20.7 Å². The number of aromatic nitrogens is 2. The lowest BCUT2D eigenvalue weighted by atomic mass is 10.3. The van der Waals surface area contributed by atoms with E-state index in [1.54, 1.807) is 29.6 Å². The fourth-order valence-corrected chi connectivity index (χ4v) is 4.52. The summed E-state index contributed by atoms with van der Waals surface area (Å²) in [5.41, 5.74) is 1.95. The van der Waals surface area contributed by atoms with E-state index in [1.165, 1.54) is 22.7 Å². The van der Waals surface area contributed by atoms with Crippen LogP contribution in [-0.4, -0.2) is 28.5 Å². The molecule has 3 N–H and O–H groups in total. The first-order chi connectivity index (χ1) is 15.5. The predicted molar refractivity (Wildman–Crippen MR) is 129 cm³/mol. The SMILES string of the molecule is CCOc1ccc2nc(NC(=O)Cc3csc(NC(=O)Nc4ccc(Cl)cc4)n3)sc2c1. The summed E-state index contributed by atoms with van der Waals surface area (Å²) in [6.07, 6.45) is 0.0666. The third kappa shape index (κ3) is 5.72. The molecule has 2 aromatic carbocycles. The Labute approximate surface area is 196 Å². The van der Waals surface area contributed by atoms with Crippen molar-refractivity contribution >= 4 is 72.4 Å². The Morgan fingerprint density at radius 3 is 2.62 bits per heavy atom. The van der Waals surface area contributed by atoms with Crippen LogP contribution in [0.3, 0.4) is 0 Å². The number of hydrogen-bond donors (Lipinski definition) is 3.